The minimum Gasteiger partial charge on any atom is -0.484 e. The van der Waals surface area contributed by atoms with E-state index in [9.17, 15) is 4.79 Å². The molecule has 0 aromatic carbocycles. The molecule has 27 heavy (non-hydrogen) atoms. The lowest BCUT2D eigenvalue weighted by atomic mass is 10.2. The Hall–Kier alpha value is -2.41. The quantitative estimate of drug-likeness (QED) is 0.710. The fraction of sp³-hybridized carbons (Fsp3) is 0.550. The molecule has 1 aliphatic heterocycles. The van der Waals surface area contributed by atoms with E-state index in [4.69, 9.17) is 14.0 Å². The number of carbonyl (C=O) groups excluding carboxylic acids is 1. The highest BCUT2D eigenvalue weighted by molar-refractivity contribution is 5.92. The Balaban J connectivity index is 1.37. The number of aromatic nitrogens is 2. The van der Waals surface area contributed by atoms with Crippen molar-refractivity contribution in [1.82, 2.24) is 15.0 Å². The van der Waals surface area contributed by atoms with Gasteiger partial charge in [0, 0.05) is 31.5 Å². The first-order valence-corrected chi connectivity index (χ1v) is 9.59. The lowest BCUT2D eigenvalue weighted by Gasteiger charge is -2.24. The first-order chi connectivity index (χ1) is 13.2. The molecule has 1 saturated carbocycles. The minimum absolute atomic E-state index is 0.0931. The molecule has 3 heterocycles. The number of nitrogens with zero attached hydrogens (tertiary/aromatic N) is 3. The highest BCUT2D eigenvalue weighted by atomic mass is 16.5. The molecule has 2 fully saturated rings. The summed E-state index contributed by atoms with van der Waals surface area (Å²) >= 11 is 0. The molecule has 0 N–H and O–H groups in total. The lowest BCUT2D eigenvalue weighted by Crippen LogP contribution is -2.39. The van der Waals surface area contributed by atoms with Crippen molar-refractivity contribution in [2.45, 2.75) is 45.3 Å². The monoisotopic (exact) mass is 371 g/mol. The Labute approximate surface area is 158 Å². The van der Waals surface area contributed by atoms with E-state index < -0.39 is 0 Å². The molecule has 1 aliphatic carbocycles. The van der Waals surface area contributed by atoms with Crippen LogP contribution in [-0.4, -0.2) is 46.7 Å². The van der Waals surface area contributed by atoms with Gasteiger partial charge in [-0.05, 0) is 50.7 Å². The fourth-order valence-corrected chi connectivity index (χ4v) is 3.22. The smallest absolute Gasteiger partial charge is 0.276 e. The van der Waals surface area contributed by atoms with Crippen LogP contribution in [0.2, 0.25) is 0 Å². The molecule has 1 saturated heterocycles. The molecule has 144 valence electrons. The first kappa shape index (κ1) is 18.0. The first-order valence-electron chi connectivity index (χ1n) is 9.59. The van der Waals surface area contributed by atoms with Crippen LogP contribution in [0, 0.1) is 12.8 Å². The van der Waals surface area contributed by atoms with Crippen LogP contribution in [0.15, 0.2) is 28.9 Å². The molecule has 4 rings (SSSR count). The average Bonchev–Trinajstić information content (AvgIpc) is 3.14. The van der Waals surface area contributed by atoms with Gasteiger partial charge in [-0.2, -0.15) is 0 Å². The molecule has 0 bridgehead atoms. The van der Waals surface area contributed by atoms with E-state index in [1.54, 1.807) is 12.3 Å². The van der Waals surface area contributed by atoms with Gasteiger partial charge in [0.05, 0.1) is 12.3 Å². The van der Waals surface area contributed by atoms with Gasteiger partial charge >= 0.3 is 0 Å². The van der Waals surface area contributed by atoms with E-state index in [1.807, 2.05) is 24.0 Å². The SMILES string of the molecule is Cc1ccc(OCc2cc(C(=O)N(CC3CC3)C[C@@H]3CCCO3)no2)cn1. The number of hydrogen-bond acceptors (Lipinski definition) is 6. The Morgan fingerprint density at radius 3 is 2.89 bits per heavy atom. The van der Waals surface area contributed by atoms with Crippen molar-refractivity contribution < 1.29 is 18.8 Å². The predicted molar refractivity (Wildman–Crippen MR) is 97.4 cm³/mol. The van der Waals surface area contributed by atoms with Crippen molar-refractivity contribution in [2.75, 3.05) is 19.7 Å². The van der Waals surface area contributed by atoms with Gasteiger partial charge < -0.3 is 18.9 Å². The largest absolute Gasteiger partial charge is 0.484 e. The third-order valence-corrected chi connectivity index (χ3v) is 4.95. The molecule has 7 heteroatoms. The normalized spacial score (nSPS) is 19.2. The van der Waals surface area contributed by atoms with Crippen LogP contribution in [0.1, 0.15) is 47.6 Å². The molecular weight excluding hydrogens is 346 g/mol. The lowest BCUT2D eigenvalue weighted by molar-refractivity contribution is 0.0507. The van der Waals surface area contributed by atoms with Crippen LogP contribution in [0.3, 0.4) is 0 Å². The number of carbonyl (C=O) groups is 1. The molecular formula is C20H25N3O4. The van der Waals surface area contributed by atoms with Crippen LogP contribution in [0.4, 0.5) is 0 Å². The number of rotatable bonds is 8. The zero-order valence-corrected chi connectivity index (χ0v) is 15.6. The number of hydrogen-bond donors (Lipinski definition) is 0. The minimum atomic E-state index is -0.0931. The van der Waals surface area contributed by atoms with Crippen LogP contribution >= 0.6 is 0 Å². The van der Waals surface area contributed by atoms with Gasteiger partial charge in [0.2, 0.25) is 0 Å². The second kappa shape index (κ2) is 8.08. The summed E-state index contributed by atoms with van der Waals surface area (Å²) in [4.78, 5) is 19.0. The molecule has 0 radical (unpaired) electrons. The standard InChI is InChI=1S/C20H25N3O4/c1-14-4-7-16(10-21-14)26-13-18-9-19(22-27-18)20(24)23(11-15-5-6-15)12-17-3-2-8-25-17/h4,7,9-10,15,17H,2-3,5-6,8,11-13H2,1H3/t17-/m0/s1. The molecule has 1 atom stereocenters. The summed E-state index contributed by atoms with van der Waals surface area (Å²) in [5, 5.41) is 3.96. The summed E-state index contributed by atoms with van der Waals surface area (Å²) in [5.41, 5.74) is 1.26. The van der Waals surface area contributed by atoms with Crippen LogP contribution < -0.4 is 4.74 Å². The topological polar surface area (TPSA) is 77.7 Å². The molecule has 0 spiro atoms. The van der Waals surface area contributed by atoms with Gasteiger partial charge in [-0.25, -0.2) is 0 Å². The Kier molecular flexibility index (Phi) is 5.38. The molecule has 2 aliphatic rings. The van der Waals surface area contributed by atoms with Gasteiger partial charge in [-0.3, -0.25) is 9.78 Å². The summed E-state index contributed by atoms with van der Waals surface area (Å²) in [6.07, 6.45) is 6.26. The second-order valence-corrected chi connectivity index (χ2v) is 7.39. The number of pyridine rings is 1. The van der Waals surface area contributed by atoms with Crippen molar-refractivity contribution in [2.24, 2.45) is 5.92 Å². The maximum absolute atomic E-state index is 12.9. The third kappa shape index (κ3) is 4.86. The number of ether oxygens (including phenoxy) is 2. The van der Waals surface area contributed by atoms with Crippen molar-refractivity contribution in [3.63, 3.8) is 0 Å². The Bertz CT molecular complexity index is 764. The second-order valence-electron chi connectivity index (χ2n) is 7.39. The van der Waals surface area contributed by atoms with Gasteiger partial charge in [-0.15, -0.1) is 0 Å². The molecule has 2 aromatic heterocycles. The van der Waals surface area contributed by atoms with Crippen LogP contribution in [0.5, 0.6) is 5.75 Å². The third-order valence-electron chi connectivity index (χ3n) is 4.95. The molecule has 2 aromatic rings. The zero-order valence-electron chi connectivity index (χ0n) is 15.6. The van der Waals surface area contributed by atoms with E-state index in [1.165, 1.54) is 12.8 Å². The van der Waals surface area contributed by atoms with E-state index >= 15 is 0 Å². The fourth-order valence-electron chi connectivity index (χ4n) is 3.22. The van der Waals surface area contributed by atoms with Gasteiger partial charge in [-0.1, -0.05) is 5.16 Å². The van der Waals surface area contributed by atoms with Crippen molar-refractivity contribution in [3.8, 4) is 5.75 Å². The van der Waals surface area contributed by atoms with Crippen molar-refractivity contribution >= 4 is 5.91 Å². The number of amides is 1. The maximum Gasteiger partial charge on any atom is 0.276 e. The Morgan fingerprint density at radius 1 is 1.30 bits per heavy atom. The summed E-state index contributed by atoms with van der Waals surface area (Å²) < 4.78 is 16.6. The Morgan fingerprint density at radius 2 is 2.19 bits per heavy atom. The van der Waals surface area contributed by atoms with E-state index in [0.717, 1.165) is 31.7 Å². The summed E-state index contributed by atoms with van der Waals surface area (Å²) in [6.45, 7) is 4.31. The summed E-state index contributed by atoms with van der Waals surface area (Å²) in [6, 6.07) is 5.40. The highest BCUT2D eigenvalue weighted by Crippen LogP contribution is 2.30. The molecule has 1 amide bonds. The van der Waals surface area contributed by atoms with E-state index in [2.05, 4.69) is 10.1 Å². The summed E-state index contributed by atoms with van der Waals surface area (Å²) in [5.74, 6) is 1.68. The summed E-state index contributed by atoms with van der Waals surface area (Å²) in [7, 11) is 0. The average molecular weight is 371 g/mol. The van der Waals surface area contributed by atoms with Gasteiger partial charge in [0.15, 0.2) is 11.5 Å². The zero-order chi connectivity index (χ0) is 18.6. The van der Waals surface area contributed by atoms with Gasteiger partial charge in [0.25, 0.3) is 5.91 Å². The van der Waals surface area contributed by atoms with Crippen LogP contribution in [0.25, 0.3) is 0 Å². The van der Waals surface area contributed by atoms with E-state index in [0.29, 0.717) is 29.7 Å². The van der Waals surface area contributed by atoms with Crippen molar-refractivity contribution in [3.05, 3.63) is 41.5 Å². The van der Waals surface area contributed by atoms with Gasteiger partial charge in [0.1, 0.15) is 12.4 Å². The predicted octanol–water partition coefficient (Wildman–Crippen LogP) is 2.99. The molecule has 0 unspecified atom stereocenters. The van der Waals surface area contributed by atoms with E-state index in [-0.39, 0.29) is 18.6 Å². The maximum atomic E-state index is 12.9. The van der Waals surface area contributed by atoms with Crippen molar-refractivity contribution in [1.29, 1.82) is 0 Å². The molecule has 7 nitrogen and oxygen atoms in total. The highest BCUT2D eigenvalue weighted by Gasteiger charge is 2.31. The van der Waals surface area contributed by atoms with Crippen LogP contribution in [-0.2, 0) is 11.3 Å². The number of aryl methyl sites for hydroxylation is 1.